The van der Waals surface area contributed by atoms with E-state index in [-0.39, 0.29) is 24.5 Å². The summed E-state index contributed by atoms with van der Waals surface area (Å²) in [5, 5.41) is 11.7. The topological polar surface area (TPSA) is 84.6 Å². The Kier molecular flexibility index (Phi) is 3.86. The van der Waals surface area contributed by atoms with Gasteiger partial charge in [0.1, 0.15) is 6.10 Å². The standard InChI is InChI=1S/C9H18N2O3/c1-14-7(4-10)8(13)11-5-9(6-12)2-3-9/h7,12H,2-6,10H2,1H3,(H,11,13). The van der Waals surface area contributed by atoms with Crippen LogP contribution in [0.1, 0.15) is 12.8 Å². The van der Waals surface area contributed by atoms with Crippen LogP contribution < -0.4 is 11.1 Å². The lowest BCUT2D eigenvalue weighted by Crippen LogP contribution is -2.43. The second-order valence-electron chi connectivity index (χ2n) is 3.84. The van der Waals surface area contributed by atoms with Crippen molar-refractivity contribution in [3.63, 3.8) is 0 Å². The number of nitrogens with two attached hydrogens (primary N) is 1. The van der Waals surface area contributed by atoms with Crippen LogP contribution in [0.5, 0.6) is 0 Å². The van der Waals surface area contributed by atoms with Gasteiger partial charge < -0.3 is 20.9 Å². The highest BCUT2D eigenvalue weighted by Crippen LogP contribution is 2.44. The van der Waals surface area contributed by atoms with Gasteiger partial charge in [-0.05, 0) is 12.8 Å². The van der Waals surface area contributed by atoms with Gasteiger partial charge in [-0.3, -0.25) is 4.79 Å². The monoisotopic (exact) mass is 202 g/mol. The first kappa shape index (κ1) is 11.4. The first-order chi connectivity index (χ1) is 6.67. The third kappa shape index (κ3) is 2.67. The fourth-order valence-electron chi connectivity index (χ4n) is 1.27. The average molecular weight is 202 g/mol. The molecule has 0 aromatic carbocycles. The highest BCUT2D eigenvalue weighted by molar-refractivity contribution is 5.81. The number of amides is 1. The van der Waals surface area contributed by atoms with E-state index in [0.717, 1.165) is 12.8 Å². The van der Waals surface area contributed by atoms with E-state index in [9.17, 15) is 4.79 Å². The summed E-state index contributed by atoms with van der Waals surface area (Å²) in [5.74, 6) is -0.199. The second-order valence-corrected chi connectivity index (χ2v) is 3.84. The zero-order valence-electron chi connectivity index (χ0n) is 8.45. The number of ether oxygens (including phenoxy) is 1. The van der Waals surface area contributed by atoms with Crippen LogP contribution in [0.15, 0.2) is 0 Å². The summed E-state index contributed by atoms with van der Waals surface area (Å²) in [6, 6.07) is 0. The number of aliphatic hydroxyl groups is 1. The second kappa shape index (κ2) is 4.72. The summed E-state index contributed by atoms with van der Waals surface area (Å²) < 4.78 is 4.88. The number of hydrogen-bond donors (Lipinski definition) is 3. The summed E-state index contributed by atoms with van der Waals surface area (Å²) in [6.07, 6.45) is 1.37. The number of methoxy groups -OCH3 is 1. The SMILES string of the molecule is COC(CN)C(=O)NCC1(CO)CC1. The molecule has 0 radical (unpaired) electrons. The fourth-order valence-corrected chi connectivity index (χ4v) is 1.27. The first-order valence-electron chi connectivity index (χ1n) is 4.79. The molecule has 0 aliphatic heterocycles. The van der Waals surface area contributed by atoms with Crippen molar-refractivity contribution >= 4 is 5.91 Å². The minimum absolute atomic E-state index is 0.0669. The van der Waals surface area contributed by atoms with Crippen LogP contribution >= 0.6 is 0 Å². The summed E-state index contributed by atoms with van der Waals surface area (Å²) in [5.41, 5.74) is 5.27. The van der Waals surface area contributed by atoms with E-state index in [1.807, 2.05) is 0 Å². The van der Waals surface area contributed by atoms with Crippen molar-refractivity contribution in [3.8, 4) is 0 Å². The van der Waals surface area contributed by atoms with Gasteiger partial charge in [0.05, 0.1) is 6.61 Å². The van der Waals surface area contributed by atoms with Crippen LogP contribution in [0.3, 0.4) is 0 Å². The van der Waals surface area contributed by atoms with Crippen LogP contribution in [-0.2, 0) is 9.53 Å². The molecule has 0 aromatic rings. The number of rotatable bonds is 6. The van der Waals surface area contributed by atoms with Gasteiger partial charge in [-0.25, -0.2) is 0 Å². The summed E-state index contributed by atoms with van der Waals surface area (Å²) in [4.78, 5) is 11.4. The van der Waals surface area contributed by atoms with Gasteiger partial charge >= 0.3 is 0 Å². The van der Waals surface area contributed by atoms with Crippen LogP contribution in [-0.4, -0.2) is 43.9 Å². The number of aliphatic hydroxyl groups excluding tert-OH is 1. The van der Waals surface area contributed by atoms with Crippen molar-refractivity contribution in [2.75, 3.05) is 26.8 Å². The Hall–Kier alpha value is -0.650. The molecule has 82 valence electrons. The predicted octanol–water partition coefficient (Wildman–Crippen LogP) is -1.15. The van der Waals surface area contributed by atoms with E-state index < -0.39 is 6.10 Å². The van der Waals surface area contributed by atoms with Crippen LogP contribution in [0.4, 0.5) is 0 Å². The van der Waals surface area contributed by atoms with Gasteiger partial charge in [0, 0.05) is 25.6 Å². The molecule has 1 unspecified atom stereocenters. The highest BCUT2D eigenvalue weighted by atomic mass is 16.5. The normalized spacial score (nSPS) is 20.2. The molecule has 5 heteroatoms. The van der Waals surface area contributed by atoms with Crippen molar-refractivity contribution in [3.05, 3.63) is 0 Å². The third-order valence-corrected chi connectivity index (χ3v) is 2.72. The Morgan fingerprint density at radius 3 is 2.71 bits per heavy atom. The van der Waals surface area contributed by atoms with Gasteiger partial charge in [-0.15, -0.1) is 0 Å². The smallest absolute Gasteiger partial charge is 0.250 e. The van der Waals surface area contributed by atoms with Crippen molar-refractivity contribution in [1.82, 2.24) is 5.32 Å². The van der Waals surface area contributed by atoms with Gasteiger partial charge in [0.2, 0.25) is 5.91 Å². The van der Waals surface area contributed by atoms with E-state index in [1.54, 1.807) is 0 Å². The molecule has 1 aliphatic rings. The number of hydrogen-bond acceptors (Lipinski definition) is 4. The Balaban J connectivity index is 2.27. The molecule has 0 bridgehead atoms. The van der Waals surface area contributed by atoms with Crippen LogP contribution in [0, 0.1) is 5.41 Å². The number of nitrogens with one attached hydrogen (secondary N) is 1. The summed E-state index contributed by atoms with van der Waals surface area (Å²) >= 11 is 0. The molecular formula is C9H18N2O3. The Morgan fingerprint density at radius 1 is 1.71 bits per heavy atom. The molecule has 1 amide bonds. The zero-order valence-corrected chi connectivity index (χ0v) is 8.45. The lowest BCUT2D eigenvalue weighted by atomic mass is 10.1. The van der Waals surface area contributed by atoms with E-state index in [0.29, 0.717) is 6.54 Å². The van der Waals surface area contributed by atoms with E-state index in [2.05, 4.69) is 5.32 Å². The zero-order chi connectivity index (χ0) is 10.6. The van der Waals surface area contributed by atoms with Gasteiger partial charge in [-0.1, -0.05) is 0 Å². The molecule has 1 fully saturated rings. The van der Waals surface area contributed by atoms with Crippen molar-refractivity contribution in [1.29, 1.82) is 0 Å². The molecule has 4 N–H and O–H groups in total. The highest BCUT2D eigenvalue weighted by Gasteiger charge is 2.42. The van der Waals surface area contributed by atoms with Gasteiger partial charge in [0.25, 0.3) is 0 Å². The maximum atomic E-state index is 11.4. The molecule has 0 saturated heterocycles. The quantitative estimate of drug-likeness (QED) is 0.507. The molecule has 1 aliphatic carbocycles. The molecule has 0 heterocycles. The maximum Gasteiger partial charge on any atom is 0.250 e. The maximum absolute atomic E-state index is 11.4. The molecule has 1 rings (SSSR count). The van der Waals surface area contributed by atoms with Crippen LogP contribution in [0.25, 0.3) is 0 Å². The Labute approximate surface area is 83.6 Å². The molecule has 0 spiro atoms. The Bertz CT molecular complexity index is 200. The Morgan fingerprint density at radius 2 is 2.36 bits per heavy atom. The molecule has 5 nitrogen and oxygen atoms in total. The fraction of sp³-hybridized carbons (Fsp3) is 0.889. The molecule has 1 saturated carbocycles. The lowest BCUT2D eigenvalue weighted by molar-refractivity contribution is -0.130. The molecule has 0 aromatic heterocycles. The molecule has 1 atom stereocenters. The minimum Gasteiger partial charge on any atom is -0.396 e. The van der Waals surface area contributed by atoms with Crippen LogP contribution in [0.2, 0.25) is 0 Å². The van der Waals surface area contributed by atoms with E-state index >= 15 is 0 Å². The largest absolute Gasteiger partial charge is 0.396 e. The third-order valence-electron chi connectivity index (χ3n) is 2.72. The molecule has 14 heavy (non-hydrogen) atoms. The predicted molar refractivity (Wildman–Crippen MR) is 51.6 cm³/mol. The van der Waals surface area contributed by atoms with Crippen molar-refractivity contribution in [2.45, 2.75) is 18.9 Å². The number of carbonyl (C=O) groups is 1. The average Bonchev–Trinajstić information content (AvgIpc) is 2.97. The van der Waals surface area contributed by atoms with Crippen molar-refractivity contribution < 1.29 is 14.6 Å². The minimum atomic E-state index is -0.579. The van der Waals surface area contributed by atoms with Gasteiger partial charge in [0.15, 0.2) is 0 Å². The lowest BCUT2D eigenvalue weighted by Gasteiger charge is -2.16. The number of carbonyl (C=O) groups excluding carboxylic acids is 1. The van der Waals surface area contributed by atoms with Gasteiger partial charge in [-0.2, -0.15) is 0 Å². The van der Waals surface area contributed by atoms with E-state index in [1.165, 1.54) is 7.11 Å². The van der Waals surface area contributed by atoms with Crippen molar-refractivity contribution in [2.24, 2.45) is 11.1 Å². The first-order valence-corrected chi connectivity index (χ1v) is 4.79. The molecular weight excluding hydrogens is 184 g/mol. The summed E-state index contributed by atoms with van der Waals surface area (Å²) in [6.45, 7) is 0.824. The van der Waals surface area contributed by atoms with E-state index in [4.69, 9.17) is 15.6 Å². The summed E-state index contributed by atoms with van der Waals surface area (Å²) in [7, 11) is 1.45.